The molecule has 0 bridgehead atoms. The van der Waals surface area contributed by atoms with Gasteiger partial charge in [-0.3, -0.25) is 9.59 Å². The topological polar surface area (TPSA) is 66.4 Å². The molecule has 2 N–H and O–H groups in total. The van der Waals surface area contributed by atoms with E-state index in [1.807, 2.05) is 0 Å². The maximum atomic E-state index is 12.9. The van der Waals surface area contributed by atoms with Crippen molar-refractivity contribution in [3.05, 3.63) is 57.1 Å². The van der Waals surface area contributed by atoms with Gasteiger partial charge in [-0.05, 0) is 40.5 Å². The second kappa shape index (κ2) is 6.16. The Hall–Kier alpha value is -2.14. The molecular weight excluding hydrogens is 358 g/mol. The first-order chi connectivity index (χ1) is 11.1. The summed E-state index contributed by atoms with van der Waals surface area (Å²) in [6, 6.07) is 7.96. The Morgan fingerprint density at radius 3 is 2.48 bits per heavy atom. The van der Waals surface area contributed by atoms with Crippen LogP contribution in [0.3, 0.4) is 0 Å². The molecule has 0 atom stereocenters. The van der Waals surface area contributed by atoms with Crippen molar-refractivity contribution in [2.75, 3.05) is 11.9 Å². The van der Waals surface area contributed by atoms with Gasteiger partial charge in [0, 0.05) is 22.1 Å². The van der Waals surface area contributed by atoms with E-state index in [1.165, 1.54) is 6.07 Å². The molecule has 23 heavy (non-hydrogen) atoms. The summed E-state index contributed by atoms with van der Waals surface area (Å²) in [4.78, 5) is 25.6. The summed E-state index contributed by atoms with van der Waals surface area (Å²) in [7, 11) is 0. The summed E-state index contributed by atoms with van der Waals surface area (Å²) in [6.45, 7) is 2.81. The van der Waals surface area contributed by atoms with Crippen molar-refractivity contribution < 1.29 is 14.7 Å². The van der Waals surface area contributed by atoms with Crippen LogP contribution in [0.25, 0.3) is 0 Å². The Bertz CT molecular complexity index is 814. The van der Waals surface area contributed by atoms with Crippen LogP contribution in [0, 0.1) is 0 Å². The first kappa shape index (κ1) is 15.7. The molecule has 4 nitrogen and oxygen atoms in total. The molecule has 0 amide bonds. The number of hydrogen-bond donors (Lipinski definition) is 2. The van der Waals surface area contributed by atoms with E-state index in [2.05, 4.69) is 28.2 Å². The minimum absolute atomic E-state index is 0.0897. The van der Waals surface area contributed by atoms with Crippen LogP contribution in [-0.4, -0.2) is 23.2 Å². The van der Waals surface area contributed by atoms with Crippen molar-refractivity contribution >= 4 is 33.2 Å². The monoisotopic (exact) mass is 373 g/mol. The predicted octanol–water partition coefficient (Wildman–Crippen LogP) is 4.14. The highest BCUT2D eigenvalue weighted by molar-refractivity contribution is 9.10. The Kier molecular flexibility index (Phi) is 4.22. The zero-order valence-electron chi connectivity index (χ0n) is 12.6. The van der Waals surface area contributed by atoms with E-state index in [-0.39, 0.29) is 28.4 Å². The highest BCUT2D eigenvalue weighted by Crippen LogP contribution is 2.38. The summed E-state index contributed by atoms with van der Waals surface area (Å²) < 4.78 is 0.747. The maximum absolute atomic E-state index is 12.9. The zero-order valence-corrected chi connectivity index (χ0v) is 14.2. The molecule has 0 unspecified atom stereocenters. The molecule has 2 aromatic carbocycles. The molecule has 5 heteroatoms. The fraction of sp³-hybridized carbons (Fsp3) is 0.222. The first-order valence-corrected chi connectivity index (χ1v) is 8.33. The quantitative estimate of drug-likeness (QED) is 0.674. The molecule has 2 aromatic rings. The molecule has 3 rings (SSSR count). The molecule has 0 saturated carbocycles. The van der Waals surface area contributed by atoms with Crippen LogP contribution in [0.1, 0.15) is 51.6 Å². The number of carbonyl (C=O) groups is 2. The van der Waals surface area contributed by atoms with E-state index >= 15 is 0 Å². The van der Waals surface area contributed by atoms with Crippen LogP contribution in [0.4, 0.5) is 5.69 Å². The molecule has 118 valence electrons. The van der Waals surface area contributed by atoms with E-state index in [0.29, 0.717) is 16.8 Å². The van der Waals surface area contributed by atoms with Crippen molar-refractivity contribution in [2.45, 2.75) is 19.8 Å². The average Bonchev–Trinajstić information content (AvgIpc) is 2.54. The number of unbranched alkanes of at least 4 members (excludes halogenated alkanes) is 1. The van der Waals surface area contributed by atoms with Crippen molar-refractivity contribution in [3.8, 4) is 5.75 Å². The standard InChI is InChI=1S/C18H16BrNO3/c1-2-3-9-20-16-12(19)8-7-11-15(16)18(23)10-5-4-6-13(21)14(10)17(11)22/h4-8,20-21H,2-3,9H2,1H3. The van der Waals surface area contributed by atoms with Crippen LogP contribution in [0.5, 0.6) is 5.75 Å². The fourth-order valence-electron chi connectivity index (χ4n) is 2.80. The number of halogens is 1. The van der Waals surface area contributed by atoms with Gasteiger partial charge in [-0.25, -0.2) is 0 Å². The van der Waals surface area contributed by atoms with Crippen LogP contribution < -0.4 is 5.32 Å². The SMILES string of the molecule is CCCCNc1c(Br)ccc2c1C(=O)c1cccc(O)c1C2=O. The normalized spacial score (nSPS) is 12.8. The molecule has 1 aliphatic carbocycles. The van der Waals surface area contributed by atoms with Crippen LogP contribution >= 0.6 is 15.9 Å². The van der Waals surface area contributed by atoms with Gasteiger partial charge in [0.25, 0.3) is 0 Å². The summed E-state index contributed by atoms with van der Waals surface area (Å²) in [5.41, 5.74) is 1.68. The summed E-state index contributed by atoms with van der Waals surface area (Å²) >= 11 is 3.45. The second-order valence-corrected chi connectivity index (χ2v) is 6.34. The van der Waals surface area contributed by atoms with E-state index in [4.69, 9.17) is 0 Å². The Morgan fingerprint density at radius 2 is 1.74 bits per heavy atom. The van der Waals surface area contributed by atoms with Crippen LogP contribution in [0.15, 0.2) is 34.8 Å². The number of hydrogen-bond acceptors (Lipinski definition) is 4. The largest absolute Gasteiger partial charge is 0.507 e. The molecular formula is C18H16BrNO3. The van der Waals surface area contributed by atoms with E-state index in [1.54, 1.807) is 24.3 Å². The lowest BCUT2D eigenvalue weighted by atomic mass is 9.82. The van der Waals surface area contributed by atoms with Crippen molar-refractivity contribution in [2.24, 2.45) is 0 Å². The number of phenols is 1. The Morgan fingerprint density at radius 1 is 1.04 bits per heavy atom. The second-order valence-electron chi connectivity index (χ2n) is 5.48. The third kappa shape index (κ3) is 2.55. The lowest BCUT2D eigenvalue weighted by Gasteiger charge is -2.22. The predicted molar refractivity (Wildman–Crippen MR) is 92.5 cm³/mol. The third-order valence-electron chi connectivity index (χ3n) is 3.97. The summed E-state index contributed by atoms with van der Waals surface area (Å²) in [5.74, 6) is -0.723. The molecule has 0 heterocycles. The van der Waals surface area contributed by atoms with E-state index in [0.717, 1.165) is 23.9 Å². The molecule has 0 fully saturated rings. The highest BCUT2D eigenvalue weighted by atomic mass is 79.9. The molecule has 0 aromatic heterocycles. The number of carbonyl (C=O) groups excluding carboxylic acids is 2. The number of ketones is 2. The molecule has 0 spiro atoms. The van der Waals surface area contributed by atoms with Crippen molar-refractivity contribution in [3.63, 3.8) is 0 Å². The van der Waals surface area contributed by atoms with Crippen molar-refractivity contribution in [1.29, 1.82) is 0 Å². The molecule has 0 radical (unpaired) electrons. The van der Waals surface area contributed by atoms with Gasteiger partial charge < -0.3 is 10.4 Å². The van der Waals surface area contributed by atoms with Gasteiger partial charge >= 0.3 is 0 Å². The molecule has 0 saturated heterocycles. The van der Waals surface area contributed by atoms with Crippen molar-refractivity contribution in [1.82, 2.24) is 0 Å². The van der Waals surface area contributed by atoms with E-state index < -0.39 is 0 Å². The lowest BCUT2D eigenvalue weighted by molar-refractivity contribution is 0.0977. The Labute approximate surface area is 142 Å². The smallest absolute Gasteiger partial charge is 0.198 e. The summed E-state index contributed by atoms with van der Waals surface area (Å²) in [5, 5.41) is 13.2. The number of anilines is 1. The minimum Gasteiger partial charge on any atom is -0.507 e. The van der Waals surface area contributed by atoms with Crippen LogP contribution in [-0.2, 0) is 0 Å². The van der Waals surface area contributed by atoms with Gasteiger partial charge in [-0.15, -0.1) is 0 Å². The number of nitrogens with one attached hydrogen (secondary N) is 1. The number of benzene rings is 2. The third-order valence-corrected chi connectivity index (χ3v) is 4.63. The zero-order chi connectivity index (χ0) is 16.6. The number of phenolic OH excluding ortho intramolecular Hbond substituents is 1. The molecule has 0 aliphatic heterocycles. The van der Waals surface area contributed by atoms with Gasteiger partial charge in [0.15, 0.2) is 11.6 Å². The summed E-state index contributed by atoms with van der Waals surface area (Å²) in [6.07, 6.45) is 2.00. The molecule has 1 aliphatic rings. The van der Waals surface area contributed by atoms with Gasteiger partial charge in [0.2, 0.25) is 0 Å². The highest BCUT2D eigenvalue weighted by Gasteiger charge is 2.34. The minimum atomic E-state index is -0.321. The number of aromatic hydroxyl groups is 1. The van der Waals surface area contributed by atoms with Gasteiger partial charge in [0.05, 0.1) is 16.8 Å². The fourth-order valence-corrected chi connectivity index (χ4v) is 3.27. The Balaban J connectivity index is 2.17. The number of fused-ring (bicyclic) bond motifs is 2. The van der Waals surface area contributed by atoms with Crippen LogP contribution in [0.2, 0.25) is 0 Å². The number of rotatable bonds is 4. The van der Waals surface area contributed by atoms with E-state index in [9.17, 15) is 14.7 Å². The average molecular weight is 374 g/mol. The van der Waals surface area contributed by atoms with Gasteiger partial charge in [-0.2, -0.15) is 0 Å². The van der Waals surface area contributed by atoms with Gasteiger partial charge in [0.1, 0.15) is 5.75 Å². The lowest BCUT2D eigenvalue weighted by Crippen LogP contribution is -2.23. The first-order valence-electron chi connectivity index (χ1n) is 7.54. The van der Waals surface area contributed by atoms with Gasteiger partial charge in [-0.1, -0.05) is 25.5 Å². The maximum Gasteiger partial charge on any atom is 0.198 e.